The van der Waals surface area contributed by atoms with Gasteiger partial charge in [0, 0.05) is 50.6 Å². The van der Waals surface area contributed by atoms with Crippen molar-refractivity contribution >= 4 is 18.3 Å². The highest BCUT2D eigenvalue weighted by atomic mass is 35.5. The first kappa shape index (κ1) is 14.7. The van der Waals surface area contributed by atoms with Gasteiger partial charge in [0.2, 0.25) is 0 Å². The molecule has 0 saturated carbocycles. The zero-order valence-electron chi connectivity index (χ0n) is 10.5. The van der Waals surface area contributed by atoms with Gasteiger partial charge in [0.05, 0.1) is 0 Å². The topological polar surface area (TPSA) is 54.3 Å². The van der Waals surface area contributed by atoms with E-state index in [1.807, 2.05) is 11.8 Å². The fourth-order valence-electron chi connectivity index (χ4n) is 1.99. The highest BCUT2D eigenvalue weighted by molar-refractivity contribution is 5.94. The lowest BCUT2D eigenvalue weighted by Gasteiger charge is -2.34. The van der Waals surface area contributed by atoms with E-state index in [4.69, 9.17) is 0 Å². The molecule has 1 atom stereocenters. The lowest BCUT2D eigenvalue weighted by molar-refractivity contribution is 0.0655. The maximum atomic E-state index is 12.2. The molecule has 0 aliphatic carbocycles. The molecule has 0 bridgehead atoms. The number of hydrogen-bond acceptors (Lipinski definition) is 3. The summed E-state index contributed by atoms with van der Waals surface area (Å²) < 4.78 is 1.46. The SMILES string of the molecule is CC1CNCCN1C(=O)c1ccn(C)c(=O)c1.Cl. The number of nitrogens with one attached hydrogen (secondary N) is 1. The molecule has 1 aliphatic rings. The molecule has 18 heavy (non-hydrogen) atoms. The number of aryl methyl sites for hydroxylation is 1. The van der Waals surface area contributed by atoms with E-state index in [9.17, 15) is 9.59 Å². The smallest absolute Gasteiger partial charge is 0.254 e. The Morgan fingerprint density at radius 2 is 2.22 bits per heavy atom. The maximum Gasteiger partial charge on any atom is 0.254 e. The standard InChI is InChI=1S/C12H17N3O2.ClH/c1-9-8-13-4-6-15(9)12(17)10-3-5-14(2)11(16)7-10;/h3,5,7,9,13H,4,6,8H2,1-2H3;1H. The average Bonchev–Trinajstić information content (AvgIpc) is 2.32. The molecule has 6 heteroatoms. The Bertz CT molecular complexity index is 486. The second kappa shape index (κ2) is 6.02. The van der Waals surface area contributed by atoms with Crippen molar-refractivity contribution in [3.05, 3.63) is 34.2 Å². The second-order valence-electron chi connectivity index (χ2n) is 4.42. The summed E-state index contributed by atoms with van der Waals surface area (Å²) in [6.07, 6.45) is 1.63. The molecule has 0 radical (unpaired) electrons. The van der Waals surface area contributed by atoms with E-state index in [-0.39, 0.29) is 29.9 Å². The summed E-state index contributed by atoms with van der Waals surface area (Å²) in [7, 11) is 1.67. The predicted molar refractivity (Wildman–Crippen MR) is 72.3 cm³/mol. The first-order chi connectivity index (χ1) is 8.09. The molecule has 2 heterocycles. The van der Waals surface area contributed by atoms with Crippen LogP contribution in [0.25, 0.3) is 0 Å². The Morgan fingerprint density at radius 3 is 2.83 bits per heavy atom. The summed E-state index contributed by atoms with van der Waals surface area (Å²) in [6.45, 7) is 4.30. The van der Waals surface area contributed by atoms with Crippen molar-refractivity contribution in [2.75, 3.05) is 19.6 Å². The fraction of sp³-hybridized carbons (Fsp3) is 0.500. The van der Waals surface area contributed by atoms with E-state index in [0.717, 1.165) is 13.1 Å². The van der Waals surface area contributed by atoms with Gasteiger partial charge in [-0.25, -0.2) is 0 Å². The third-order valence-corrected chi connectivity index (χ3v) is 3.11. The molecule has 100 valence electrons. The zero-order valence-corrected chi connectivity index (χ0v) is 11.4. The number of piperazine rings is 1. The van der Waals surface area contributed by atoms with Crippen LogP contribution in [0.15, 0.2) is 23.1 Å². The van der Waals surface area contributed by atoms with Gasteiger partial charge in [0.25, 0.3) is 11.5 Å². The Morgan fingerprint density at radius 1 is 1.50 bits per heavy atom. The summed E-state index contributed by atoms with van der Waals surface area (Å²) in [5.74, 6) is -0.0586. The summed E-state index contributed by atoms with van der Waals surface area (Å²) >= 11 is 0. The molecule has 0 spiro atoms. The maximum absolute atomic E-state index is 12.2. The van der Waals surface area contributed by atoms with E-state index < -0.39 is 0 Å². The highest BCUT2D eigenvalue weighted by Gasteiger charge is 2.24. The van der Waals surface area contributed by atoms with Gasteiger partial charge < -0.3 is 14.8 Å². The number of pyridine rings is 1. The van der Waals surface area contributed by atoms with Gasteiger partial charge in [0.15, 0.2) is 0 Å². The van der Waals surface area contributed by atoms with Gasteiger partial charge in [0.1, 0.15) is 0 Å². The minimum atomic E-state index is -0.154. The molecule has 0 aromatic carbocycles. The Labute approximate surface area is 112 Å². The third-order valence-electron chi connectivity index (χ3n) is 3.11. The van der Waals surface area contributed by atoms with E-state index >= 15 is 0 Å². The highest BCUT2D eigenvalue weighted by Crippen LogP contribution is 2.08. The summed E-state index contributed by atoms with van der Waals surface area (Å²) in [4.78, 5) is 25.5. The van der Waals surface area contributed by atoms with Crippen molar-refractivity contribution in [2.45, 2.75) is 13.0 Å². The van der Waals surface area contributed by atoms with Crippen LogP contribution >= 0.6 is 12.4 Å². The Hall–Kier alpha value is -1.33. The Kier molecular flexibility index (Phi) is 4.93. The van der Waals surface area contributed by atoms with Crippen LogP contribution in [-0.2, 0) is 7.05 Å². The van der Waals surface area contributed by atoms with Crippen LogP contribution in [0.4, 0.5) is 0 Å². The first-order valence-electron chi connectivity index (χ1n) is 5.78. The van der Waals surface area contributed by atoms with Crippen molar-refractivity contribution in [2.24, 2.45) is 7.05 Å². The normalized spacial score (nSPS) is 19.2. The largest absolute Gasteiger partial charge is 0.333 e. The molecule has 2 rings (SSSR count). The molecule has 1 fully saturated rings. The van der Waals surface area contributed by atoms with Gasteiger partial charge in [-0.1, -0.05) is 0 Å². The van der Waals surface area contributed by atoms with Crippen LogP contribution in [0.1, 0.15) is 17.3 Å². The molecule has 1 aromatic rings. The quantitative estimate of drug-likeness (QED) is 0.796. The lowest BCUT2D eigenvalue weighted by atomic mass is 10.1. The van der Waals surface area contributed by atoms with Crippen molar-refractivity contribution in [3.63, 3.8) is 0 Å². The monoisotopic (exact) mass is 271 g/mol. The molecule has 1 amide bonds. The van der Waals surface area contributed by atoms with Crippen LogP contribution in [-0.4, -0.2) is 41.1 Å². The molecule has 1 N–H and O–H groups in total. The number of rotatable bonds is 1. The van der Waals surface area contributed by atoms with Crippen molar-refractivity contribution < 1.29 is 4.79 Å². The van der Waals surface area contributed by atoms with Crippen LogP contribution < -0.4 is 10.9 Å². The van der Waals surface area contributed by atoms with Crippen molar-refractivity contribution in [1.29, 1.82) is 0 Å². The average molecular weight is 272 g/mol. The fourth-order valence-corrected chi connectivity index (χ4v) is 1.99. The molecular weight excluding hydrogens is 254 g/mol. The van der Waals surface area contributed by atoms with Gasteiger partial charge in [-0.2, -0.15) is 0 Å². The summed E-state index contributed by atoms with van der Waals surface area (Å²) in [5.41, 5.74) is 0.320. The van der Waals surface area contributed by atoms with Gasteiger partial charge in [-0.05, 0) is 13.0 Å². The molecule has 1 saturated heterocycles. The number of carbonyl (C=O) groups excluding carboxylic acids is 1. The molecule has 1 aromatic heterocycles. The van der Waals surface area contributed by atoms with Crippen molar-refractivity contribution in [3.8, 4) is 0 Å². The summed E-state index contributed by atoms with van der Waals surface area (Å²) in [6, 6.07) is 3.26. The molecular formula is C12H18ClN3O2. The van der Waals surface area contributed by atoms with E-state index in [1.165, 1.54) is 10.6 Å². The lowest BCUT2D eigenvalue weighted by Crippen LogP contribution is -2.52. The molecule has 1 aliphatic heterocycles. The number of halogens is 1. The van der Waals surface area contributed by atoms with Gasteiger partial charge in [-0.15, -0.1) is 12.4 Å². The van der Waals surface area contributed by atoms with Crippen LogP contribution in [0, 0.1) is 0 Å². The number of carbonyl (C=O) groups is 1. The first-order valence-corrected chi connectivity index (χ1v) is 5.78. The number of hydrogen-bond donors (Lipinski definition) is 1. The zero-order chi connectivity index (χ0) is 12.4. The second-order valence-corrected chi connectivity index (χ2v) is 4.42. The van der Waals surface area contributed by atoms with Crippen LogP contribution in [0.3, 0.4) is 0 Å². The predicted octanol–water partition coefficient (Wildman–Crippen LogP) is 0.241. The van der Waals surface area contributed by atoms with E-state index in [2.05, 4.69) is 5.32 Å². The molecule has 5 nitrogen and oxygen atoms in total. The number of aromatic nitrogens is 1. The number of amides is 1. The van der Waals surface area contributed by atoms with Gasteiger partial charge >= 0.3 is 0 Å². The van der Waals surface area contributed by atoms with Crippen LogP contribution in [0.2, 0.25) is 0 Å². The van der Waals surface area contributed by atoms with Crippen molar-refractivity contribution in [1.82, 2.24) is 14.8 Å². The number of nitrogens with zero attached hydrogens (tertiary/aromatic N) is 2. The summed E-state index contributed by atoms with van der Waals surface area (Å²) in [5, 5.41) is 3.23. The third kappa shape index (κ3) is 2.91. The Balaban J connectivity index is 0.00000162. The minimum Gasteiger partial charge on any atom is -0.333 e. The minimum absolute atomic E-state index is 0. The van der Waals surface area contributed by atoms with Gasteiger partial charge in [-0.3, -0.25) is 9.59 Å². The van der Waals surface area contributed by atoms with E-state index in [0.29, 0.717) is 12.1 Å². The van der Waals surface area contributed by atoms with E-state index in [1.54, 1.807) is 19.3 Å². The van der Waals surface area contributed by atoms with Crippen LogP contribution in [0.5, 0.6) is 0 Å². The molecule has 1 unspecified atom stereocenters.